The average molecular weight is 188 g/mol. The van der Waals surface area contributed by atoms with E-state index in [1.807, 2.05) is 0 Å². The van der Waals surface area contributed by atoms with Crippen LogP contribution in [0.4, 0.5) is 4.79 Å². The van der Waals surface area contributed by atoms with Crippen LogP contribution in [0, 0.1) is 0 Å². The van der Waals surface area contributed by atoms with Gasteiger partial charge in [-0.15, -0.1) is 0 Å². The minimum Gasteiger partial charge on any atom is -0.395 e. The Morgan fingerprint density at radius 3 is 2.54 bits per heavy atom. The van der Waals surface area contributed by atoms with E-state index < -0.39 is 0 Å². The summed E-state index contributed by atoms with van der Waals surface area (Å²) in [4.78, 5) is 12.8. The lowest BCUT2D eigenvalue weighted by Gasteiger charge is -2.20. The fourth-order valence-corrected chi connectivity index (χ4v) is 1.15. The van der Waals surface area contributed by atoms with Crippen molar-refractivity contribution in [3.63, 3.8) is 0 Å². The molecule has 0 atom stereocenters. The number of unbranched alkanes of at least 4 members (excludes halogenated alkanes) is 2. The highest BCUT2D eigenvalue weighted by Crippen LogP contribution is 1.98. The topological polar surface area (TPSA) is 52.6 Å². The summed E-state index contributed by atoms with van der Waals surface area (Å²) >= 11 is 0. The molecule has 0 aromatic rings. The Morgan fingerprint density at radius 2 is 2.08 bits per heavy atom. The Labute approximate surface area is 79.9 Å². The van der Waals surface area contributed by atoms with E-state index in [-0.39, 0.29) is 12.6 Å². The van der Waals surface area contributed by atoms with Gasteiger partial charge in [-0.3, -0.25) is 0 Å². The highest BCUT2D eigenvalue weighted by atomic mass is 16.3. The highest BCUT2D eigenvalue weighted by Gasteiger charge is 2.09. The van der Waals surface area contributed by atoms with E-state index in [0.29, 0.717) is 6.54 Å². The van der Waals surface area contributed by atoms with Gasteiger partial charge in [-0.1, -0.05) is 19.8 Å². The molecule has 0 radical (unpaired) electrons. The second-order valence-corrected chi connectivity index (χ2v) is 2.97. The first-order valence-electron chi connectivity index (χ1n) is 4.83. The average Bonchev–Trinajstić information content (AvgIpc) is 2.16. The Hall–Kier alpha value is -0.770. The second kappa shape index (κ2) is 7.86. The Bertz CT molecular complexity index is 140. The smallest absolute Gasteiger partial charge is 0.317 e. The minimum absolute atomic E-state index is 0.0273. The predicted molar refractivity (Wildman–Crippen MR) is 52.6 cm³/mol. The van der Waals surface area contributed by atoms with Crippen LogP contribution in [0.2, 0.25) is 0 Å². The third-order valence-electron chi connectivity index (χ3n) is 1.90. The van der Waals surface area contributed by atoms with E-state index in [1.54, 1.807) is 11.9 Å². The minimum atomic E-state index is -0.106. The fraction of sp³-hybridized carbons (Fsp3) is 0.889. The standard InChI is InChI=1S/C9H20N2O2/c1-3-4-5-6-11(7-8-12)9(13)10-2/h12H,3-8H2,1-2H3,(H,10,13). The molecular weight excluding hydrogens is 168 g/mol. The van der Waals surface area contributed by atoms with Crippen LogP contribution in [0.15, 0.2) is 0 Å². The van der Waals surface area contributed by atoms with Gasteiger partial charge in [0.2, 0.25) is 0 Å². The second-order valence-electron chi connectivity index (χ2n) is 2.97. The van der Waals surface area contributed by atoms with Crippen LogP contribution in [0.25, 0.3) is 0 Å². The van der Waals surface area contributed by atoms with Crippen LogP contribution in [-0.4, -0.2) is 42.8 Å². The Balaban J connectivity index is 3.73. The van der Waals surface area contributed by atoms with Gasteiger partial charge in [-0.25, -0.2) is 4.79 Å². The zero-order chi connectivity index (χ0) is 10.1. The summed E-state index contributed by atoms with van der Waals surface area (Å²) in [6, 6.07) is -0.106. The van der Waals surface area contributed by atoms with Crippen LogP contribution in [0.5, 0.6) is 0 Å². The molecule has 0 fully saturated rings. The van der Waals surface area contributed by atoms with Crippen molar-refractivity contribution in [3.05, 3.63) is 0 Å². The maximum Gasteiger partial charge on any atom is 0.317 e. The molecule has 0 rings (SSSR count). The zero-order valence-electron chi connectivity index (χ0n) is 8.55. The normalized spacial score (nSPS) is 9.77. The van der Waals surface area contributed by atoms with Crippen LogP contribution in [0.3, 0.4) is 0 Å². The number of nitrogens with zero attached hydrogens (tertiary/aromatic N) is 1. The number of nitrogens with one attached hydrogen (secondary N) is 1. The molecule has 2 N–H and O–H groups in total. The molecular formula is C9H20N2O2. The van der Waals surface area contributed by atoms with Crippen LogP contribution in [0.1, 0.15) is 26.2 Å². The lowest BCUT2D eigenvalue weighted by atomic mass is 10.2. The number of rotatable bonds is 6. The quantitative estimate of drug-likeness (QED) is 0.606. The molecule has 0 unspecified atom stereocenters. The number of carbonyl (C=O) groups is 1. The van der Waals surface area contributed by atoms with Crippen molar-refractivity contribution in [3.8, 4) is 0 Å². The van der Waals surface area contributed by atoms with Crippen LogP contribution >= 0.6 is 0 Å². The molecule has 0 saturated heterocycles. The predicted octanol–water partition coefficient (Wildman–Crippen LogP) is 0.810. The van der Waals surface area contributed by atoms with Crippen LogP contribution < -0.4 is 5.32 Å². The number of amides is 2. The van der Waals surface area contributed by atoms with Crippen molar-refractivity contribution in [2.45, 2.75) is 26.2 Å². The summed E-state index contributed by atoms with van der Waals surface area (Å²) in [6.45, 7) is 3.30. The largest absolute Gasteiger partial charge is 0.395 e. The molecule has 0 aromatic heterocycles. The van der Waals surface area contributed by atoms with Gasteiger partial charge in [0.25, 0.3) is 0 Å². The monoisotopic (exact) mass is 188 g/mol. The van der Waals surface area contributed by atoms with Gasteiger partial charge in [0.1, 0.15) is 0 Å². The third-order valence-corrected chi connectivity index (χ3v) is 1.90. The van der Waals surface area contributed by atoms with E-state index in [2.05, 4.69) is 12.2 Å². The highest BCUT2D eigenvalue weighted by molar-refractivity contribution is 5.73. The van der Waals surface area contributed by atoms with Gasteiger partial charge < -0.3 is 15.3 Å². The van der Waals surface area contributed by atoms with Crippen molar-refractivity contribution in [1.82, 2.24) is 10.2 Å². The summed E-state index contributed by atoms with van der Waals surface area (Å²) in [7, 11) is 1.60. The molecule has 78 valence electrons. The summed E-state index contributed by atoms with van der Waals surface area (Å²) in [5.41, 5.74) is 0. The van der Waals surface area contributed by atoms with Gasteiger partial charge >= 0.3 is 6.03 Å². The third kappa shape index (κ3) is 5.47. The molecule has 0 saturated carbocycles. The molecule has 0 spiro atoms. The number of aliphatic hydroxyl groups is 1. The number of aliphatic hydroxyl groups excluding tert-OH is 1. The van der Waals surface area contributed by atoms with E-state index in [9.17, 15) is 4.79 Å². The number of hydrogen-bond donors (Lipinski definition) is 2. The lowest BCUT2D eigenvalue weighted by molar-refractivity contribution is 0.178. The molecule has 0 aliphatic carbocycles. The first-order chi connectivity index (χ1) is 6.26. The van der Waals surface area contributed by atoms with E-state index in [1.165, 1.54) is 0 Å². The molecule has 0 aromatic carbocycles. The molecule has 2 amide bonds. The van der Waals surface area contributed by atoms with Crippen LogP contribution in [-0.2, 0) is 0 Å². The van der Waals surface area contributed by atoms with Gasteiger partial charge in [0.05, 0.1) is 6.61 Å². The van der Waals surface area contributed by atoms with E-state index >= 15 is 0 Å². The summed E-state index contributed by atoms with van der Waals surface area (Å²) in [5, 5.41) is 11.3. The van der Waals surface area contributed by atoms with Crippen molar-refractivity contribution in [2.75, 3.05) is 26.7 Å². The number of urea groups is 1. The maximum atomic E-state index is 11.2. The molecule has 4 nitrogen and oxygen atoms in total. The summed E-state index contributed by atoms with van der Waals surface area (Å²) in [6.07, 6.45) is 3.27. The van der Waals surface area contributed by atoms with E-state index in [4.69, 9.17) is 5.11 Å². The summed E-state index contributed by atoms with van der Waals surface area (Å²) in [5.74, 6) is 0. The zero-order valence-corrected chi connectivity index (χ0v) is 8.55. The molecule has 0 aliphatic rings. The van der Waals surface area contributed by atoms with Gasteiger partial charge in [-0.05, 0) is 6.42 Å². The Kier molecular flexibility index (Phi) is 7.39. The maximum absolute atomic E-state index is 11.2. The first-order valence-corrected chi connectivity index (χ1v) is 4.83. The first kappa shape index (κ1) is 12.2. The SMILES string of the molecule is CCCCCN(CCO)C(=O)NC. The van der Waals surface area contributed by atoms with E-state index in [0.717, 1.165) is 25.8 Å². The molecule has 4 heteroatoms. The van der Waals surface area contributed by atoms with Crippen molar-refractivity contribution in [2.24, 2.45) is 0 Å². The molecule has 0 aliphatic heterocycles. The van der Waals surface area contributed by atoms with Crippen molar-refractivity contribution >= 4 is 6.03 Å². The lowest BCUT2D eigenvalue weighted by Crippen LogP contribution is -2.40. The molecule has 0 bridgehead atoms. The molecule has 13 heavy (non-hydrogen) atoms. The van der Waals surface area contributed by atoms with Crippen molar-refractivity contribution < 1.29 is 9.90 Å². The number of hydrogen-bond acceptors (Lipinski definition) is 2. The van der Waals surface area contributed by atoms with Crippen molar-refractivity contribution in [1.29, 1.82) is 0 Å². The fourth-order valence-electron chi connectivity index (χ4n) is 1.15. The molecule has 0 heterocycles. The van der Waals surface area contributed by atoms with Gasteiger partial charge in [0.15, 0.2) is 0 Å². The summed E-state index contributed by atoms with van der Waals surface area (Å²) < 4.78 is 0. The van der Waals surface area contributed by atoms with Gasteiger partial charge in [0, 0.05) is 20.1 Å². The number of carbonyl (C=O) groups excluding carboxylic acids is 1. The Morgan fingerprint density at radius 1 is 1.38 bits per heavy atom. The van der Waals surface area contributed by atoms with Gasteiger partial charge in [-0.2, -0.15) is 0 Å².